The van der Waals surface area contributed by atoms with E-state index < -0.39 is 22.7 Å². The average Bonchev–Trinajstić information content (AvgIpc) is 3.09. The highest BCUT2D eigenvalue weighted by atomic mass is 19.1. The van der Waals surface area contributed by atoms with E-state index in [4.69, 9.17) is 4.98 Å². The van der Waals surface area contributed by atoms with Crippen LogP contribution in [-0.2, 0) is 11.0 Å². The van der Waals surface area contributed by atoms with Crippen molar-refractivity contribution >= 4 is 0 Å². The number of aromatic nitrogens is 4. The van der Waals surface area contributed by atoms with Gasteiger partial charge < -0.3 is 5.11 Å². The first kappa shape index (κ1) is 20.1. The van der Waals surface area contributed by atoms with Crippen LogP contribution in [0.5, 0.6) is 0 Å². The summed E-state index contributed by atoms with van der Waals surface area (Å²) < 4.78 is 28.7. The molecule has 0 radical (unpaired) electrons. The Kier molecular flexibility index (Phi) is 4.13. The van der Waals surface area contributed by atoms with Gasteiger partial charge in [-0.3, -0.25) is 9.97 Å². The molecule has 0 amide bonds. The Morgan fingerprint density at radius 1 is 1.10 bits per heavy atom. The standard InChI is InChI=1S/C24H24F2N4O/c1-22(2)14-8-9-24(22,19-12-27-11-18(28-19)23(3,4)31)21-13(14)10-17(29-30-21)20-15(25)6-5-7-16(20)26/h5-7,10-12,14,31H,8-9H2,1-4H3/t14-,24-/m0/s1. The van der Waals surface area contributed by atoms with E-state index in [9.17, 15) is 13.9 Å². The van der Waals surface area contributed by atoms with Crippen molar-refractivity contribution in [2.24, 2.45) is 5.41 Å². The van der Waals surface area contributed by atoms with E-state index in [2.05, 4.69) is 29.0 Å². The van der Waals surface area contributed by atoms with Crippen LogP contribution < -0.4 is 0 Å². The SMILES string of the molecule is CC(C)(O)c1cncc([C@@]23CC[C@@H](c4cc(-c5c(F)cccc5F)nnc42)C3(C)C)n1. The monoisotopic (exact) mass is 422 g/mol. The summed E-state index contributed by atoms with van der Waals surface area (Å²) in [4.78, 5) is 9.16. The third-order valence-electron chi connectivity index (χ3n) is 7.30. The summed E-state index contributed by atoms with van der Waals surface area (Å²) >= 11 is 0. The Bertz CT molecular complexity index is 1180. The molecular weight excluding hydrogens is 398 g/mol. The summed E-state index contributed by atoms with van der Waals surface area (Å²) in [5.41, 5.74) is 1.13. The maximum Gasteiger partial charge on any atom is 0.135 e. The fraction of sp³-hybridized carbons (Fsp3) is 0.417. The van der Waals surface area contributed by atoms with Crippen LogP contribution in [0.3, 0.4) is 0 Å². The second-order valence-corrected chi connectivity index (χ2v) is 9.70. The molecule has 2 heterocycles. The van der Waals surface area contributed by atoms with Gasteiger partial charge in [-0.2, -0.15) is 5.10 Å². The van der Waals surface area contributed by atoms with Crippen molar-refractivity contribution in [3.8, 4) is 11.3 Å². The highest BCUT2D eigenvalue weighted by Gasteiger charge is 2.65. The van der Waals surface area contributed by atoms with Crippen LogP contribution in [0.2, 0.25) is 0 Å². The molecule has 2 aromatic heterocycles. The van der Waals surface area contributed by atoms with Gasteiger partial charge in [0.1, 0.15) is 17.2 Å². The summed E-state index contributed by atoms with van der Waals surface area (Å²) in [6.07, 6.45) is 5.04. The first-order valence-corrected chi connectivity index (χ1v) is 10.5. The van der Waals surface area contributed by atoms with Crippen molar-refractivity contribution in [1.82, 2.24) is 20.2 Å². The van der Waals surface area contributed by atoms with Crippen molar-refractivity contribution in [2.75, 3.05) is 0 Å². The van der Waals surface area contributed by atoms with E-state index >= 15 is 0 Å². The highest BCUT2D eigenvalue weighted by Crippen LogP contribution is 2.69. The van der Waals surface area contributed by atoms with Crippen LogP contribution in [0.25, 0.3) is 11.3 Å². The molecule has 1 N–H and O–H groups in total. The molecule has 5 nitrogen and oxygen atoms in total. The summed E-state index contributed by atoms with van der Waals surface area (Å²) in [5, 5.41) is 19.2. The molecule has 0 spiro atoms. The van der Waals surface area contributed by atoms with E-state index in [0.29, 0.717) is 5.69 Å². The van der Waals surface area contributed by atoms with E-state index in [-0.39, 0.29) is 22.6 Å². The number of hydrogen-bond donors (Lipinski definition) is 1. The Balaban J connectivity index is 1.71. The van der Waals surface area contributed by atoms with Gasteiger partial charge in [0.2, 0.25) is 0 Å². The molecule has 1 saturated carbocycles. The zero-order chi connectivity index (χ0) is 22.2. The number of nitrogens with zero attached hydrogens (tertiary/aromatic N) is 4. The lowest BCUT2D eigenvalue weighted by Gasteiger charge is -2.37. The number of fused-ring (bicyclic) bond motifs is 5. The maximum atomic E-state index is 14.4. The zero-order valence-electron chi connectivity index (χ0n) is 17.9. The Morgan fingerprint density at radius 2 is 1.81 bits per heavy atom. The molecule has 160 valence electrons. The minimum Gasteiger partial charge on any atom is -0.384 e. The molecular formula is C24H24F2N4O. The number of aliphatic hydroxyl groups is 1. The second kappa shape index (κ2) is 6.36. The summed E-state index contributed by atoms with van der Waals surface area (Å²) in [6.45, 7) is 7.71. The predicted molar refractivity (Wildman–Crippen MR) is 111 cm³/mol. The summed E-state index contributed by atoms with van der Waals surface area (Å²) in [7, 11) is 0. The van der Waals surface area contributed by atoms with E-state index in [1.165, 1.54) is 18.2 Å². The molecule has 7 heteroatoms. The van der Waals surface area contributed by atoms with Crippen LogP contribution in [0.4, 0.5) is 8.78 Å². The van der Waals surface area contributed by atoms with Crippen LogP contribution in [0, 0.1) is 17.0 Å². The second-order valence-electron chi connectivity index (χ2n) is 9.70. The molecule has 5 rings (SSSR count). The van der Waals surface area contributed by atoms with Gasteiger partial charge >= 0.3 is 0 Å². The fourth-order valence-electron chi connectivity index (χ4n) is 5.62. The van der Waals surface area contributed by atoms with Crippen LogP contribution in [0.15, 0.2) is 36.7 Å². The lowest BCUT2D eigenvalue weighted by Crippen LogP contribution is -2.38. The lowest BCUT2D eigenvalue weighted by atomic mass is 9.66. The summed E-state index contributed by atoms with van der Waals surface area (Å²) in [5.74, 6) is -1.16. The van der Waals surface area contributed by atoms with Crippen LogP contribution in [0.1, 0.15) is 69.1 Å². The van der Waals surface area contributed by atoms with Gasteiger partial charge in [0.15, 0.2) is 0 Å². The number of hydrogen-bond acceptors (Lipinski definition) is 5. The molecule has 0 unspecified atom stereocenters. The fourth-order valence-corrected chi connectivity index (χ4v) is 5.62. The van der Waals surface area contributed by atoms with E-state index in [1.54, 1.807) is 32.3 Å². The minimum absolute atomic E-state index is 0.152. The molecule has 2 atom stereocenters. The number of benzene rings is 1. The molecule has 3 aromatic rings. The summed E-state index contributed by atoms with van der Waals surface area (Å²) in [6, 6.07) is 5.57. The first-order valence-electron chi connectivity index (χ1n) is 10.5. The molecule has 1 aromatic carbocycles. The quantitative estimate of drug-likeness (QED) is 0.666. The van der Waals surface area contributed by atoms with Gasteiger partial charge in [-0.05, 0) is 61.8 Å². The van der Waals surface area contributed by atoms with Crippen molar-refractivity contribution in [3.05, 3.63) is 70.9 Å². The molecule has 2 aliphatic rings. The molecule has 31 heavy (non-hydrogen) atoms. The molecule has 0 aliphatic heterocycles. The van der Waals surface area contributed by atoms with Crippen molar-refractivity contribution in [3.63, 3.8) is 0 Å². The smallest absolute Gasteiger partial charge is 0.135 e. The first-order chi connectivity index (χ1) is 14.6. The lowest BCUT2D eigenvalue weighted by molar-refractivity contribution is 0.0725. The van der Waals surface area contributed by atoms with Crippen molar-refractivity contribution in [2.45, 2.75) is 57.5 Å². The van der Waals surface area contributed by atoms with E-state index in [0.717, 1.165) is 29.8 Å². The van der Waals surface area contributed by atoms with Crippen LogP contribution in [-0.4, -0.2) is 25.3 Å². The zero-order valence-corrected chi connectivity index (χ0v) is 17.9. The third kappa shape index (κ3) is 2.62. The van der Waals surface area contributed by atoms with Gasteiger partial charge in [-0.1, -0.05) is 19.9 Å². The van der Waals surface area contributed by atoms with Gasteiger partial charge in [0, 0.05) is 6.20 Å². The maximum absolute atomic E-state index is 14.4. The Morgan fingerprint density at radius 3 is 2.48 bits per heavy atom. The van der Waals surface area contributed by atoms with Crippen LogP contribution >= 0.6 is 0 Å². The molecule has 2 bridgehead atoms. The average molecular weight is 422 g/mol. The van der Waals surface area contributed by atoms with Gasteiger partial charge in [-0.15, -0.1) is 5.10 Å². The predicted octanol–water partition coefficient (Wildman–Crippen LogP) is 4.64. The van der Waals surface area contributed by atoms with Gasteiger partial charge in [0.05, 0.1) is 40.0 Å². The molecule has 1 fully saturated rings. The van der Waals surface area contributed by atoms with Crippen molar-refractivity contribution in [1.29, 1.82) is 0 Å². The molecule has 2 aliphatic carbocycles. The number of rotatable bonds is 3. The van der Waals surface area contributed by atoms with E-state index in [1.807, 2.05) is 0 Å². The van der Waals surface area contributed by atoms with Gasteiger partial charge in [-0.25, -0.2) is 8.78 Å². The molecule has 0 saturated heterocycles. The number of halogens is 2. The normalized spacial score (nSPS) is 23.8. The topological polar surface area (TPSA) is 71.8 Å². The third-order valence-corrected chi connectivity index (χ3v) is 7.30. The Hall–Kier alpha value is -2.80. The van der Waals surface area contributed by atoms with Crippen molar-refractivity contribution < 1.29 is 13.9 Å². The highest BCUT2D eigenvalue weighted by molar-refractivity contribution is 5.64. The van der Waals surface area contributed by atoms with Gasteiger partial charge in [0.25, 0.3) is 0 Å². The minimum atomic E-state index is -1.12. The Labute approximate surface area is 179 Å². The largest absolute Gasteiger partial charge is 0.384 e.